The first-order valence-electron chi connectivity index (χ1n) is 7.06. The van der Waals surface area contributed by atoms with Crippen LogP contribution < -0.4 is 0 Å². The molecular weight excluding hydrogens is 222 g/mol. The van der Waals surface area contributed by atoms with Gasteiger partial charge in [-0.1, -0.05) is 32.9 Å². The summed E-state index contributed by atoms with van der Waals surface area (Å²) in [6.45, 7) is 10.9. The lowest BCUT2D eigenvalue weighted by Gasteiger charge is -2.59. The molecule has 0 aliphatic heterocycles. The summed E-state index contributed by atoms with van der Waals surface area (Å²) in [5.41, 5.74) is 1.36. The first kappa shape index (κ1) is 13.6. The summed E-state index contributed by atoms with van der Waals surface area (Å²) in [6, 6.07) is 2.34. The predicted octanol–water partition coefficient (Wildman–Crippen LogP) is 3.67. The van der Waals surface area contributed by atoms with Gasteiger partial charge >= 0.3 is 0 Å². The molecule has 0 radical (unpaired) electrons. The Labute approximate surface area is 111 Å². The van der Waals surface area contributed by atoms with E-state index < -0.39 is 0 Å². The normalized spacial score (nSPS) is 43.1. The molecule has 0 aromatic heterocycles. The molecule has 0 amide bonds. The number of fused-ring (bicyclic) bond motifs is 1. The van der Waals surface area contributed by atoms with Crippen LogP contribution in [0.15, 0.2) is 12.2 Å². The highest BCUT2D eigenvalue weighted by Gasteiger charge is 2.55. The van der Waals surface area contributed by atoms with Crippen LogP contribution in [0.3, 0.4) is 0 Å². The Hall–Kier alpha value is -0.810. The fourth-order valence-electron chi connectivity index (χ4n) is 4.63. The smallest absolute Gasteiger partial charge is 0.0628 e. The van der Waals surface area contributed by atoms with Crippen molar-refractivity contribution < 1.29 is 5.11 Å². The van der Waals surface area contributed by atoms with Crippen molar-refractivity contribution >= 4 is 0 Å². The number of allylic oxidation sites excluding steroid dienone is 1. The number of nitrogens with zero attached hydrogens (tertiary/aromatic N) is 1. The summed E-state index contributed by atoms with van der Waals surface area (Å²) in [5, 5.41) is 19.4. The van der Waals surface area contributed by atoms with Gasteiger partial charge in [-0.15, -0.1) is 0 Å². The third-order valence-electron chi connectivity index (χ3n) is 5.85. The van der Waals surface area contributed by atoms with Gasteiger partial charge < -0.3 is 5.11 Å². The van der Waals surface area contributed by atoms with E-state index in [-0.39, 0.29) is 16.9 Å². The molecule has 2 aliphatic rings. The van der Waals surface area contributed by atoms with Gasteiger partial charge in [0.2, 0.25) is 0 Å². The minimum Gasteiger partial charge on any atom is -0.393 e. The van der Waals surface area contributed by atoms with Crippen LogP contribution in [-0.4, -0.2) is 11.2 Å². The molecule has 4 atom stereocenters. The molecule has 0 unspecified atom stereocenters. The molecule has 100 valence electrons. The van der Waals surface area contributed by atoms with E-state index in [0.717, 1.165) is 25.7 Å². The molecule has 0 saturated heterocycles. The third kappa shape index (κ3) is 1.80. The summed E-state index contributed by atoms with van der Waals surface area (Å²) in [7, 11) is 0. The Morgan fingerprint density at radius 1 is 1.39 bits per heavy atom. The van der Waals surface area contributed by atoms with Crippen molar-refractivity contribution in [2.45, 2.75) is 59.0 Å². The highest BCUT2D eigenvalue weighted by Crippen LogP contribution is 2.61. The molecule has 0 spiro atoms. The van der Waals surface area contributed by atoms with E-state index in [0.29, 0.717) is 18.3 Å². The molecule has 0 bridgehead atoms. The lowest BCUT2D eigenvalue weighted by Crippen LogP contribution is -2.54. The van der Waals surface area contributed by atoms with Crippen LogP contribution in [0.4, 0.5) is 0 Å². The zero-order valence-electron chi connectivity index (χ0n) is 11.9. The lowest BCUT2D eigenvalue weighted by molar-refractivity contribution is -0.123. The standard InChI is InChI=1S/C16H25NO/c1-11-5-6-13-15(2,3)14(18)7-9-16(13,4)12(11)8-10-17/h12-14,18H,1,5-9H2,2-4H3/t12-,13-,14-,16+/m0/s1. The molecule has 2 saturated carbocycles. The molecule has 2 nitrogen and oxygen atoms in total. The second-order valence-corrected chi connectivity index (χ2v) is 7.05. The minimum absolute atomic E-state index is 0.0403. The monoisotopic (exact) mass is 247 g/mol. The van der Waals surface area contributed by atoms with Crippen LogP contribution in [0, 0.1) is 34.0 Å². The number of aliphatic hydroxyl groups is 1. The van der Waals surface area contributed by atoms with Gasteiger partial charge in [-0.3, -0.25) is 0 Å². The van der Waals surface area contributed by atoms with Crippen molar-refractivity contribution in [2.75, 3.05) is 0 Å². The Morgan fingerprint density at radius 3 is 2.67 bits per heavy atom. The van der Waals surface area contributed by atoms with Gasteiger partial charge in [0.1, 0.15) is 0 Å². The van der Waals surface area contributed by atoms with Gasteiger partial charge in [0, 0.05) is 6.42 Å². The maximum absolute atomic E-state index is 10.3. The average molecular weight is 247 g/mol. The largest absolute Gasteiger partial charge is 0.393 e. The van der Waals surface area contributed by atoms with Crippen molar-refractivity contribution in [3.05, 3.63) is 12.2 Å². The van der Waals surface area contributed by atoms with Crippen molar-refractivity contribution in [2.24, 2.45) is 22.7 Å². The highest BCUT2D eigenvalue weighted by atomic mass is 16.3. The fourth-order valence-corrected chi connectivity index (χ4v) is 4.63. The second kappa shape index (κ2) is 4.38. The topological polar surface area (TPSA) is 44.0 Å². The van der Waals surface area contributed by atoms with Gasteiger partial charge in [-0.2, -0.15) is 5.26 Å². The molecule has 0 aromatic carbocycles. The second-order valence-electron chi connectivity index (χ2n) is 7.05. The van der Waals surface area contributed by atoms with Crippen LogP contribution in [0.2, 0.25) is 0 Å². The van der Waals surface area contributed by atoms with Crippen LogP contribution in [0.25, 0.3) is 0 Å². The summed E-state index contributed by atoms with van der Waals surface area (Å²) in [6.07, 6.45) is 4.38. The van der Waals surface area contributed by atoms with Gasteiger partial charge in [-0.05, 0) is 48.3 Å². The van der Waals surface area contributed by atoms with E-state index in [1.807, 2.05) is 0 Å². The van der Waals surface area contributed by atoms with Crippen LogP contribution in [-0.2, 0) is 0 Å². The third-order valence-corrected chi connectivity index (χ3v) is 5.85. The minimum atomic E-state index is -0.204. The molecule has 18 heavy (non-hydrogen) atoms. The van der Waals surface area contributed by atoms with E-state index in [2.05, 4.69) is 33.4 Å². The summed E-state index contributed by atoms with van der Waals surface area (Å²) in [5.74, 6) is 0.811. The Bertz CT molecular complexity index is 392. The van der Waals surface area contributed by atoms with Gasteiger partial charge in [0.15, 0.2) is 0 Å². The number of hydrogen-bond acceptors (Lipinski definition) is 2. The van der Waals surface area contributed by atoms with Gasteiger partial charge in [-0.25, -0.2) is 0 Å². The quantitative estimate of drug-likeness (QED) is 0.718. The first-order chi connectivity index (χ1) is 8.34. The molecule has 2 aliphatic carbocycles. The number of aliphatic hydroxyl groups excluding tert-OH is 1. The van der Waals surface area contributed by atoms with E-state index in [1.165, 1.54) is 5.57 Å². The zero-order valence-corrected chi connectivity index (χ0v) is 11.9. The molecule has 2 rings (SSSR count). The van der Waals surface area contributed by atoms with E-state index in [4.69, 9.17) is 5.26 Å². The van der Waals surface area contributed by atoms with Crippen molar-refractivity contribution in [1.29, 1.82) is 5.26 Å². The zero-order chi connectivity index (χ0) is 13.6. The Kier molecular flexibility index (Phi) is 3.32. The predicted molar refractivity (Wildman–Crippen MR) is 72.7 cm³/mol. The van der Waals surface area contributed by atoms with Gasteiger partial charge in [0.05, 0.1) is 12.2 Å². The Morgan fingerprint density at radius 2 is 2.06 bits per heavy atom. The maximum atomic E-state index is 10.3. The van der Waals surface area contributed by atoms with Gasteiger partial charge in [0.25, 0.3) is 0 Å². The molecule has 1 N–H and O–H groups in total. The molecule has 2 fully saturated rings. The highest BCUT2D eigenvalue weighted by molar-refractivity contribution is 5.18. The number of nitriles is 1. The van der Waals surface area contributed by atoms with E-state index >= 15 is 0 Å². The molecule has 0 aromatic rings. The summed E-state index contributed by atoms with van der Waals surface area (Å²) >= 11 is 0. The summed E-state index contributed by atoms with van der Waals surface area (Å²) < 4.78 is 0. The Balaban J connectivity index is 2.38. The van der Waals surface area contributed by atoms with Crippen molar-refractivity contribution in [1.82, 2.24) is 0 Å². The lowest BCUT2D eigenvalue weighted by atomic mass is 9.46. The van der Waals surface area contributed by atoms with Crippen molar-refractivity contribution in [3.8, 4) is 6.07 Å². The van der Waals surface area contributed by atoms with Crippen LogP contribution in [0.1, 0.15) is 52.9 Å². The molecular formula is C16H25NO. The first-order valence-corrected chi connectivity index (χ1v) is 7.06. The van der Waals surface area contributed by atoms with E-state index in [9.17, 15) is 5.11 Å². The fraction of sp³-hybridized carbons (Fsp3) is 0.812. The number of rotatable bonds is 1. The van der Waals surface area contributed by atoms with Crippen LogP contribution >= 0.6 is 0 Å². The SMILES string of the molecule is C=C1CC[C@H]2C(C)(C)[C@@H](O)CC[C@]2(C)[C@H]1CC#N. The summed E-state index contributed by atoms with van der Waals surface area (Å²) in [4.78, 5) is 0. The van der Waals surface area contributed by atoms with Crippen LogP contribution in [0.5, 0.6) is 0 Å². The molecule has 0 heterocycles. The van der Waals surface area contributed by atoms with E-state index in [1.54, 1.807) is 0 Å². The average Bonchev–Trinajstić information content (AvgIpc) is 2.29. The number of hydrogen-bond donors (Lipinski definition) is 1. The molecule has 2 heteroatoms. The maximum Gasteiger partial charge on any atom is 0.0628 e. The van der Waals surface area contributed by atoms with Crippen molar-refractivity contribution in [3.63, 3.8) is 0 Å².